The molecule has 0 aliphatic heterocycles. The van der Waals surface area contributed by atoms with E-state index in [1.54, 1.807) is 81.6 Å². The summed E-state index contributed by atoms with van der Waals surface area (Å²) >= 11 is 5.61. The molecule has 74 heavy (non-hydrogen) atoms. The molecule has 0 aromatic heterocycles. The summed E-state index contributed by atoms with van der Waals surface area (Å²) < 4.78 is 45.8. The molecule has 0 bridgehead atoms. The fourth-order valence-corrected chi connectivity index (χ4v) is 2.87. The van der Waals surface area contributed by atoms with Gasteiger partial charge in [-0.05, 0) is 84.7 Å². The predicted octanol–water partition coefficient (Wildman–Crippen LogP) is 12.8. The van der Waals surface area contributed by atoms with Crippen LogP contribution in [0.4, 0.5) is 0 Å². The summed E-state index contributed by atoms with van der Waals surface area (Å²) in [6, 6.07) is 0. The third kappa shape index (κ3) is 231. The van der Waals surface area contributed by atoms with Crippen molar-refractivity contribution in [2.75, 3.05) is 130 Å². The Morgan fingerprint density at radius 2 is 0.716 bits per heavy atom. The number of Topliss-reactive ketones (excluding diaryl/α,β-unsaturated/α-hetero) is 3. The van der Waals surface area contributed by atoms with E-state index in [1.165, 1.54) is 38.4 Å². The first kappa shape index (κ1) is 104. The quantitative estimate of drug-likeness (QED) is 0.0380. The van der Waals surface area contributed by atoms with Crippen molar-refractivity contribution in [3.05, 3.63) is 0 Å². The van der Waals surface area contributed by atoms with Crippen LogP contribution in [-0.2, 0) is 80.9 Å². The van der Waals surface area contributed by atoms with Crippen molar-refractivity contribution < 1.29 is 80.9 Å². The van der Waals surface area contributed by atoms with Crippen LogP contribution in [0.2, 0.25) is 0 Å². The van der Waals surface area contributed by atoms with Crippen LogP contribution in [-0.4, -0.2) is 172 Å². The van der Waals surface area contributed by atoms with Crippen molar-refractivity contribution >= 4 is 76.5 Å². The van der Waals surface area contributed by atoms with Gasteiger partial charge >= 0.3 is 23.9 Å². The summed E-state index contributed by atoms with van der Waals surface area (Å²) in [5, 5.41) is 0. The molecule has 0 amide bonds. The lowest BCUT2D eigenvalue weighted by atomic mass is 10.3. The fourth-order valence-electron chi connectivity index (χ4n) is 2.13. The van der Waals surface area contributed by atoms with Gasteiger partial charge in [-0.3, -0.25) is 28.8 Å². The number of ketones is 3. The molecule has 17 nitrogen and oxygen atoms in total. The lowest BCUT2D eigenvalue weighted by Gasteiger charge is -1.93. The van der Waals surface area contributed by atoms with Crippen molar-refractivity contribution in [2.24, 2.45) is 0 Å². The summed E-state index contributed by atoms with van der Waals surface area (Å²) in [6.07, 6.45) is 6.15. The van der Waals surface area contributed by atoms with Crippen LogP contribution in [0.5, 0.6) is 0 Å². The van der Waals surface area contributed by atoms with Crippen LogP contribution in [0.25, 0.3) is 0 Å². The second-order valence-corrected chi connectivity index (χ2v) is 16.3. The molecule has 0 heterocycles. The summed E-state index contributed by atoms with van der Waals surface area (Å²) in [6.45, 7) is 42.9. The number of thioether (sulfide) groups is 3. The van der Waals surface area contributed by atoms with Gasteiger partial charge in [-0.1, -0.05) is 76.2 Å². The maximum atomic E-state index is 10.3. The number of methoxy groups -OCH3 is 5. The van der Waals surface area contributed by atoms with Crippen molar-refractivity contribution in [3.63, 3.8) is 0 Å². The molecule has 0 aliphatic rings. The smallest absolute Gasteiger partial charge is 0.305 e. The second-order valence-electron chi connectivity index (χ2n) is 12.3. The molecule has 0 fully saturated rings. The zero-order valence-corrected chi connectivity index (χ0v) is 55.0. The van der Waals surface area contributed by atoms with E-state index in [9.17, 15) is 33.6 Å². The van der Waals surface area contributed by atoms with Crippen LogP contribution < -0.4 is 0 Å². The molecule has 0 atom stereocenters. The molecule has 456 valence electrons. The van der Waals surface area contributed by atoms with Gasteiger partial charge in [0.15, 0.2) is 5.78 Å². The number of carbonyl (C=O) groups excluding carboxylic acids is 7. The minimum Gasteiger partial charge on any atom is -0.469 e. The van der Waals surface area contributed by atoms with E-state index >= 15 is 0 Å². The molecule has 0 saturated carbocycles. The Labute approximate surface area is 469 Å². The van der Waals surface area contributed by atoms with Crippen LogP contribution >= 0.6 is 35.3 Å². The highest BCUT2D eigenvalue weighted by Gasteiger charge is 1.93. The maximum Gasteiger partial charge on any atom is 0.305 e. The molecular formula is C54H120O17S3. The van der Waals surface area contributed by atoms with Crippen molar-refractivity contribution in [2.45, 2.75) is 183 Å². The van der Waals surface area contributed by atoms with Gasteiger partial charge in [0, 0.05) is 107 Å². The number of ether oxygens (including phenoxy) is 10. The Balaban J connectivity index is -0.0000000497. The Kier molecular flexibility index (Phi) is 174. The number of carbonyl (C=O) groups is 7. The van der Waals surface area contributed by atoms with Gasteiger partial charge in [0.05, 0.1) is 32.9 Å². The first-order valence-corrected chi connectivity index (χ1v) is 29.6. The van der Waals surface area contributed by atoms with E-state index < -0.39 is 0 Å². The Bertz CT molecular complexity index is 891. The Hall–Kier alpha value is -2.30. The van der Waals surface area contributed by atoms with Gasteiger partial charge in [-0.25, -0.2) is 0 Å². The summed E-state index contributed by atoms with van der Waals surface area (Å²) in [4.78, 5) is 70.4. The first-order valence-electron chi connectivity index (χ1n) is 25.9. The van der Waals surface area contributed by atoms with E-state index in [1.807, 2.05) is 78.9 Å². The van der Waals surface area contributed by atoms with Crippen molar-refractivity contribution in [3.8, 4) is 0 Å². The fraction of sp³-hybridized carbons (Fsp3) is 0.870. The van der Waals surface area contributed by atoms with Gasteiger partial charge in [0.25, 0.3) is 0 Å². The highest BCUT2D eigenvalue weighted by molar-refractivity contribution is 7.99. The van der Waals surface area contributed by atoms with Gasteiger partial charge in [0.1, 0.15) is 25.0 Å². The van der Waals surface area contributed by atoms with Crippen LogP contribution in [0.3, 0.4) is 0 Å². The van der Waals surface area contributed by atoms with Crippen LogP contribution in [0, 0.1) is 0 Å². The predicted molar refractivity (Wildman–Crippen MR) is 318 cm³/mol. The zero-order valence-electron chi connectivity index (χ0n) is 52.5. The molecule has 0 N–H and O–H groups in total. The average Bonchev–Trinajstić information content (AvgIpc) is 3.41. The molecular weight excluding hydrogens is 1020 g/mol. The molecule has 0 spiro atoms. The van der Waals surface area contributed by atoms with E-state index in [0.717, 1.165) is 38.1 Å². The van der Waals surface area contributed by atoms with E-state index in [2.05, 4.69) is 67.1 Å². The van der Waals surface area contributed by atoms with Gasteiger partial charge in [0.2, 0.25) is 0 Å². The first-order chi connectivity index (χ1) is 35.1. The lowest BCUT2D eigenvalue weighted by molar-refractivity contribution is -0.143. The molecule has 0 saturated heterocycles. The largest absolute Gasteiger partial charge is 0.469 e. The number of hydrogen-bond donors (Lipinski definition) is 0. The standard InChI is InChI=1S/3C5H10O2.C5H10O.C4H10O2.2C4H8O2.C4H10OS.C4H10O.C4H8O.C4H10S.C3H8O.C3H8S/c1-3-5(6)4-7-2;2*1-3-5(6)7-4-2;1-3-5(6)4-2;1-3-6-4-5-2;1-3-4(5)6-2;1-3-6-4(2)5;1-3-6-4-5-2;1-3-5-4-2;1-3-4(2)5;1-3-5-4-2;2*1-3-4-2/h3*3-4H2,1-2H3;2*3-4H2,1-2H3;2*3H2,1-2H3;3-4H2,1-2H3;3-4H2,1-2H3;3H2,1-2H3;3-4H2,1-2H3;2*3H2,1-2H3. The van der Waals surface area contributed by atoms with Crippen LogP contribution in [0.1, 0.15) is 183 Å². The second kappa shape index (κ2) is 124. The van der Waals surface area contributed by atoms with Gasteiger partial charge in [-0.15, -0.1) is 11.8 Å². The molecule has 20 heteroatoms. The number of rotatable bonds is 24. The summed E-state index contributed by atoms with van der Waals surface area (Å²) in [5.41, 5.74) is 0. The third-order valence-electron chi connectivity index (χ3n) is 6.24. The van der Waals surface area contributed by atoms with Crippen LogP contribution in [0.15, 0.2) is 0 Å². The SMILES string of the molecule is CCC(=O)CC.CCC(=O)COC.CCC(=O)OC.CCC(C)=O.CCOC.CCOC(=O)CC.CCOC(=O)CC.CCOC(C)=O.CCOCC.CCOCOC.CCSC.CCSCC.CCSCOC. The van der Waals surface area contributed by atoms with Gasteiger partial charge < -0.3 is 52.2 Å². The van der Waals surface area contributed by atoms with Gasteiger partial charge in [-0.2, -0.15) is 23.5 Å². The third-order valence-corrected chi connectivity index (χ3v) is 8.45. The lowest BCUT2D eigenvalue weighted by Crippen LogP contribution is -2.03. The number of esters is 4. The van der Waals surface area contributed by atoms with Crippen molar-refractivity contribution in [1.29, 1.82) is 0 Å². The Morgan fingerprint density at radius 3 is 0.770 bits per heavy atom. The van der Waals surface area contributed by atoms with Crippen molar-refractivity contribution in [1.82, 2.24) is 0 Å². The molecule has 0 rings (SSSR count). The normalized spacial score (nSPS) is 8.24. The highest BCUT2D eigenvalue weighted by atomic mass is 32.2. The van der Waals surface area contributed by atoms with E-state index in [0.29, 0.717) is 77.3 Å². The molecule has 0 unspecified atom stereocenters. The minimum atomic E-state index is -0.211. The maximum absolute atomic E-state index is 10.3. The monoisotopic (exact) mass is 1140 g/mol. The Morgan fingerprint density at radius 1 is 0.365 bits per heavy atom. The minimum absolute atomic E-state index is 0.123. The zero-order chi connectivity index (χ0) is 61.1. The molecule has 0 radical (unpaired) electrons. The summed E-state index contributed by atoms with van der Waals surface area (Å²) in [7, 11) is 7.90. The topological polar surface area (TPSA) is 212 Å². The molecule has 0 aliphatic carbocycles. The van der Waals surface area contributed by atoms with E-state index in [-0.39, 0.29) is 42.1 Å². The average molecular weight is 1140 g/mol. The highest BCUT2D eigenvalue weighted by Crippen LogP contribution is 1.95. The number of hydrogen-bond acceptors (Lipinski definition) is 20. The van der Waals surface area contributed by atoms with E-state index in [4.69, 9.17) is 14.2 Å². The summed E-state index contributed by atoms with van der Waals surface area (Å²) in [5.74, 6) is 5.87. The molecule has 0 aromatic carbocycles. The molecule has 0 aromatic rings.